The first-order valence-corrected chi connectivity index (χ1v) is 5.97. The molecule has 1 atom stereocenters. The van der Waals surface area contributed by atoms with E-state index in [1.807, 2.05) is 6.92 Å². The summed E-state index contributed by atoms with van der Waals surface area (Å²) in [6.45, 7) is 3.98. The van der Waals surface area contributed by atoms with Crippen molar-refractivity contribution in [3.63, 3.8) is 0 Å². The zero-order valence-electron chi connectivity index (χ0n) is 11.2. The quantitative estimate of drug-likeness (QED) is 0.799. The minimum absolute atomic E-state index is 0.0426. The van der Waals surface area contributed by atoms with Crippen molar-refractivity contribution in [1.29, 1.82) is 0 Å². The Morgan fingerprint density at radius 3 is 2.63 bits per heavy atom. The Morgan fingerprint density at radius 1 is 1.47 bits per heavy atom. The average Bonchev–Trinajstić information content (AvgIpc) is 2.36. The number of nitrogens with zero attached hydrogens (tertiary/aromatic N) is 1. The topological polar surface area (TPSA) is 75.4 Å². The largest absolute Gasteiger partial charge is 0.398 e. The van der Waals surface area contributed by atoms with Crippen molar-refractivity contribution in [1.82, 2.24) is 10.2 Å². The molecule has 0 saturated carbocycles. The summed E-state index contributed by atoms with van der Waals surface area (Å²) in [5, 5.41) is 2.54. The summed E-state index contributed by atoms with van der Waals surface area (Å²) in [4.78, 5) is 25.2. The van der Waals surface area contributed by atoms with Gasteiger partial charge in [0.2, 0.25) is 5.91 Å². The molecule has 0 heterocycles. The zero-order valence-corrected chi connectivity index (χ0v) is 11.2. The lowest BCUT2D eigenvalue weighted by molar-refractivity contribution is -0.131. The second kappa shape index (κ2) is 6.17. The average molecular weight is 267 g/mol. The third-order valence-corrected chi connectivity index (χ3v) is 2.83. The predicted molar refractivity (Wildman–Crippen MR) is 71.1 cm³/mol. The molecule has 5 nitrogen and oxygen atoms in total. The number of halogens is 1. The highest BCUT2D eigenvalue weighted by atomic mass is 19.1. The molecule has 0 saturated heterocycles. The van der Waals surface area contributed by atoms with Crippen LogP contribution in [0.5, 0.6) is 0 Å². The monoisotopic (exact) mass is 267 g/mol. The van der Waals surface area contributed by atoms with Crippen LogP contribution in [0.15, 0.2) is 18.2 Å². The van der Waals surface area contributed by atoms with Crippen molar-refractivity contribution in [3.05, 3.63) is 29.6 Å². The standard InChI is InChI=1S/C13H18FN3O2/c1-4-17(3)13(19)8(2)16-12(18)10-6-5-9(14)7-11(10)15/h5-8H,4,15H2,1-3H3,(H,16,18). The Kier molecular flexibility index (Phi) is 4.86. The maximum atomic E-state index is 12.9. The molecule has 1 unspecified atom stereocenters. The molecule has 1 rings (SSSR count). The highest BCUT2D eigenvalue weighted by Crippen LogP contribution is 2.13. The molecule has 104 valence electrons. The van der Waals surface area contributed by atoms with Crippen molar-refractivity contribution >= 4 is 17.5 Å². The summed E-state index contributed by atoms with van der Waals surface area (Å²) in [7, 11) is 1.65. The van der Waals surface area contributed by atoms with Crippen LogP contribution >= 0.6 is 0 Å². The minimum Gasteiger partial charge on any atom is -0.398 e. The molecule has 0 bridgehead atoms. The molecule has 0 radical (unpaired) electrons. The van der Waals surface area contributed by atoms with Gasteiger partial charge in [-0.15, -0.1) is 0 Å². The van der Waals surface area contributed by atoms with E-state index in [4.69, 9.17) is 5.73 Å². The van der Waals surface area contributed by atoms with Crippen LogP contribution in [0, 0.1) is 5.82 Å². The number of nitrogen functional groups attached to an aromatic ring is 1. The van der Waals surface area contributed by atoms with Crippen LogP contribution in [0.1, 0.15) is 24.2 Å². The number of hydrogen-bond donors (Lipinski definition) is 2. The first-order chi connectivity index (χ1) is 8.86. The third-order valence-electron chi connectivity index (χ3n) is 2.83. The van der Waals surface area contributed by atoms with E-state index in [1.54, 1.807) is 14.0 Å². The molecule has 0 aromatic heterocycles. The number of amides is 2. The number of nitrogens with one attached hydrogen (secondary N) is 1. The molecule has 6 heteroatoms. The lowest BCUT2D eigenvalue weighted by atomic mass is 10.1. The highest BCUT2D eigenvalue weighted by molar-refractivity contribution is 6.01. The normalized spacial score (nSPS) is 11.8. The second-order valence-electron chi connectivity index (χ2n) is 4.28. The summed E-state index contributed by atoms with van der Waals surface area (Å²) >= 11 is 0. The molecule has 0 aliphatic heterocycles. The lowest BCUT2D eigenvalue weighted by Crippen LogP contribution is -2.45. The van der Waals surface area contributed by atoms with Gasteiger partial charge in [0, 0.05) is 19.3 Å². The van der Waals surface area contributed by atoms with Crippen LogP contribution in [0.25, 0.3) is 0 Å². The predicted octanol–water partition coefficient (Wildman–Crippen LogP) is 1.00. The van der Waals surface area contributed by atoms with Gasteiger partial charge in [0.1, 0.15) is 11.9 Å². The van der Waals surface area contributed by atoms with Crippen molar-refractivity contribution in [2.45, 2.75) is 19.9 Å². The highest BCUT2D eigenvalue weighted by Gasteiger charge is 2.20. The maximum absolute atomic E-state index is 12.9. The van der Waals surface area contributed by atoms with Crippen molar-refractivity contribution in [2.75, 3.05) is 19.3 Å². The molecular weight excluding hydrogens is 249 g/mol. The first-order valence-electron chi connectivity index (χ1n) is 5.97. The van der Waals surface area contributed by atoms with Gasteiger partial charge >= 0.3 is 0 Å². The van der Waals surface area contributed by atoms with Crippen LogP contribution < -0.4 is 11.1 Å². The Morgan fingerprint density at radius 2 is 2.11 bits per heavy atom. The summed E-state index contributed by atoms with van der Waals surface area (Å²) in [6.07, 6.45) is 0. The van der Waals surface area contributed by atoms with Gasteiger partial charge < -0.3 is 16.0 Å². The Balaban J connectivity index is 2.77. The molecule has 0 aliphatic rings. The molecule has 0 aliphatic carbocycles. The number of carbonyl (C=O) groups is 2. The van der Waals surface area contributed by atoms with E-state index in [2.05, 4.69) is 5.32 Å². The molecule has 0 spiro atoms. The first kappa shape index (κ1) is 14.9. The molecule has 0 fully saturated rings. The van der Waals surface area contributed by atoms with Crippen molar-refractivity contribution < 1.29 is 14.0 Å². The number of carbonyl (C=O) groups excluding carboxylic acids is 2. The Hall–Kier alpha value is -2.11. The van der Waals surface area contributed by atoms with Crippen LogP contribution in [-0.4, -0.2) is 36.3 Å². The van der Waals surface area contributed by atoms with Gasteiger partial charge in [-0.2, -0.15) is 0 Å². The Bertz CT molecular complexity index is 491. The van der Waals surface area contributed by atoms with Gasteiger partial charge in [-0.25, -0.2) is 4.39 Å². The molecular formula is C13H18FN3O2. The van der Waals surface area contributed by atoms with Crippen molar-refractivity contribution in [3.8, 4) is 0 Å². The van der Waals surface area contributed by atoms with Gasteiger partial charge in [0.05, 0.1) is 5.56 Å². The van der Waals surface area contributed by atoms with Crippen LogP contribution in [0.3, 0.4) is 0 Å². The van der Waals surface area contributed by atoms with Gasteiger partial charge in [0.15, 0.2) is 0 Å². The fraction of sp³-hybridized carbons (Fsp3) is 0.385. The summed E-state index contributed by atoms with van der Waals surface area (Å²) < 4.78 is 12.9. The summed E-state index contributed by atoms with van der Waals surface area (Å²) in [6, 6.07) is 2.85. The number of anilines is 1. The number of likely N-dealkylation sites (N-methyl/N-ethyl adjacent to an activating group) is 1. The number of benzene rings is 1. The van der Waals surface area contributed by atoms with Crippen molar-refractivity contribution in [2.24, 2.45) is 0 Å². The van der Waals surface area contributed by atoms with E-state index in [9.17, 15) is 14.0 Å². The van der Waals surface area contributed by atoms with Crippen LogP contribution in [-0.2, 0) is 4.79 Å². The zero-order chi connectivity index (χ0) is 14.6. The Labute approximate surface area is 111 Å². The molecule has 19 heavy (non-hydrogen) atoms. The van der Waals surface area contributed by atoms with E-state index in [0.29, 0.717) is 6.54 Å². The maximum Gasteiger partial charge on any atom is 0.254 e. The minimum atomic E-state index is -0.665. The summed E-state index contributed by atoms with van der Waals surface area (Å²) in [5.41, 5.74) is 5.76. The van der Waals surface area contributed by atoms with Gasteiger partial charge in [0.25, 0.3) is 5.91 Å². The van der Waals surface area contributed by atoms with Gasteiger partial charge in [-0.1, -0.05) is 0 Å². The van der Waals surface area contributed by atoms with E-state index >= 15 is 0 Å². The lowest BCUT2D eigenvalue weighted by Gasteiger charge is -2.20. The molecule has 1 aromatic carbocycles. The smallest absolute Gasteiger partial charge is 0.254 e. The fourth-order valence-corrected chi connectivity index (χ4v) is 1.56. The van der Waals surface area contributed by atoms with E-state index in [-0.39, 0.29) is 17.2 Å². The third kappa shape index (κ3) is 3.67. The fourth-order valence-electron chi connectivity index (χ4n) is 1.56. The molecule has 3 N–H and O–H groups in total. The van der Waals surface area contributed by atoms with Gasteiger partial charge in [-0.05, 0) is 32.0 Å². The second-order valence-corrected chi connectivity index (χ2v) is 4.28. The summed E-state index contributed by atoms with van der Waals surface area (Å²) in [5.74, 6) is -1.21. The number of rotatable bonds is 4. The molecule has 2 amide bonds. The van der Waals surface area contributed by atoms with E-state index < -0.39 is 17.8 Å². The number of nitrogens with two attached hydrogens (primary N) is 1. The van der Waals surface area contributed by atoms with Crippen LogP contribution in [0.2, 0.25) is 0 Å². The van der Waals surface area contributed by atoms with Gasteiger partial charge in [-0.3, -0.25) is 9.59 Å². The number of hydrogen-bond acceptors (Lipinski definition) is 3. The van der Waals surface area contributed by atoms with Crippen LogP contribution in [0.4, 0.5) is 10.1 Å². The molecule has 1 aromatic rings. The van der Waals surface area contributed by atoms with E-state index in [1.165, 1.54) is 11.0 Å². The van der Waals surface area contributed by atoms with E-state index in [0.717, 1.165) is 12.1 Å². The SMILES string of the molecule is CCN(C)C(=O)C(C)NC(=O)c1ccc(F)cc1N.